The molecule has 1 heterocycles. The molecule has 0 atom stereocenters. The molecule has 0 amide bonds. The third-order valence-corrected chi connectivity index (χ3v) is 3.10. The third kappa shape index (κ3) is 7.68. The molecule has 0 bridgehead atoms. The van der Waals surface area contributed by atoms with Gasteiger partial charge in [-0.25, -0.2) is 0 Å². The maximum Gasteiger partial charge on any atom is 0.323 e. The van der Waals surface area contributed by atoms with Crippen LogP contribution in [0.1, 0.15) is 52.9 Å². The summed E-state index contributed by atoms with van der Waals surface area (Å²) in [6.45, 7) is 7.88. The van der Waals surface area contributed by atoms with Crippen LogP contribution in [0.3, 0.4) is 0 Å². The summed E-state index contributed by atoms with van der Waals surface area (Å²) >= 11 is 0. The fourth-order valence-electron chi connectivity index (χ4n) is 1.97. The molecule has 0 aromatic carbocycles. The summed E-state index contributed by atoms with van der Waals surface area (Å²) in [6, 6.07) is 0.358. The number of nitrogens with one attached hydrogen (secondary N) is 2. The molecule has 0 aliphatic carbocycles. The minimum Gasteiger partial charge on any atom is -0.464 e. The number of rotatable bonds is 11. The molecule has 1 aromatic heterocycles. The average Bonchev–Trinajstić information content (AvgIpc) is 2.46. The topological polar surface area (TPSA) is 72.0 Å². The van der Waals surface area contributed by atoms with Crippen LogP contribution in [0.4, 0.5) is 11.9 Å². The van der Waals surface area contributed by atoms with Gasteiger partial charge in [0, 0.05) is 13.6 Å². The lowest BCUT2D eigenvalue weighted by atomic mass is 10.0. The van der Waals surface area contributed by atoms with Crippen LogP contribution in [0.15, 0.2) is 0 Å². The molecule has 1 rings (SSSR count). The van der Waals surface area contributed by atoms with Crippen LogP contribution < -0.4 is 15.4 Å². The van der Waals surface area contributed by atoms with Crippen molar-refractivity contribution in [2.45, 2.75) is 52.9 Å². The summed E-state index contributed by atoms with van der Waals surface area (Å²) < 4.78 is 5.33. The second-order valence-corrected chi connectivity index (χ2v) is 5.47. The van der Waals surface area contributed by atoms with Gasteiger partial charge in [0.2, 0.25) is 11.9 Å². The molecule has 0 aliphatic rings. The van der Waals surface area contributed by atoms with Gasteiger partial charge in [-0.3, -0.25) is 0 Å². The van der Waals surface area contributed by atoms with Gasteiger partial charge in [0.05, 0.1) is 6.61 Å². The quantitative estimate of drug-likeness (QED) is 0.610. The molecule has 0 radical (unpaired) electrons. The third-order valence-electron chi connectivity index (χ3n) is 3.10. The Morgan fingerprint density at radius 1 is 1.00 bits per heavy atom. The average molecular weight is 295 g/mol. The van der Waals surface area contributed by atoms with Gasteiger partial charge in [-0.2, -0.15) is 15.0 Å². The summed E-state index contributed by atoms with van der Waals surface area (Å²) in [7, 11) is 1.78. The van der Waals surface area contributed by atoms with Crippen molar-refractivity contribution in [3.8, 4) is 6.01 Å². The summed E-state index contributed by atoms with van der Waals surface area (Å²) in [6.07, 6.45) is 6.31. The number of hydrogen-bond donors (Lipinski definition) is 2. The van der Waals surface area contributed by atoms with Crippen LogP contribution in [0.5, 0.6) is 6.01 Å². The summed E-state index contributed by atoms with van der Waals surface area (Å²) in [4.78, 5) is 12.6. The molecule has 0 unspecified atom stereocenters. The van der Waals surface area contributed by atoms with Crippen molar-refractivity contribution in [2.24, 2.45) is 5.92 Å². The summed E-state index contributed by atoms with van der Waals surface area (Å²) in [5, 5.41) is 6.15. The minimum atomic E-state index is 0.358. The highest BCUT2D eigenvalue weighted by molar-refractivity contribution is 5.35. The number of ether oxygens (including phenoxy) is 1. The number of unbranched alkanes of at least 4 members (excludes halogenated alkanes) is 3. The molecule has 0 saturated carbocycles. The second-order valence-electron chi connectivity index (χ2n) is 5.47. The number of nitrogens with zero attached hydrogens (tertiary/aromatic N) is 3. The molecule has 120 valence electrons. The van der Waals surface area contributed by atoms with Crippen molar-refractivity contribution in [3.05, 3.63) is 0 Å². The van der Waals surface area contributed by atoms with Gasteiger partial charge in [0.1, 0.15) is 0 Å². The van der Waals surface area contributed by atoms with Crippen LogP contribution >= 0.6 is 0 Å². The van der Waals surface area contributed by atoms with Gasteiger partial charge in [-0.15, -0.1) is 0 Å². The number of hydrogen-bond acceptors (Lipinski definition) is 6. The molecule has 0 fully saturated rings. The molecule has 2 N–H and O–H groups in total. The zero-order chi connectivity index (χ0) is 15.5. The molecule has 21 heavy (non-hydrogen) atoms. The smallest absolute Gasteiger partial charge is 0.323 e. The number of aromatic nitrogens is 3. The van der Waals surface area contributed by atoms with E-state index >= 15 is 0 Å². The van der Waals surface area contributed by atoms with Gasteiger partial charge in [0.25, 0.3) is 0 Å². The van der Waals surface area contributed by atoms with Gasteiger partial charge >= 0.3 is 6.01 Å². The zero-order valence-electron chi connectivity index (χ0n) is 13.8. The van der Waals surface area contributed by atoms with Crippen LogP contribution in [-0.4, -0.2) is 35.2 Å². The summed E-state index contributed by atoms with van der Waals surface area (Å²) in [5.41, 5.74) is 0. The molecule has 1 aromatic rings. The van der Waals surface area contributed by atoms with Gasteiger partial charge in [-0.1, -0.05) is 39.5 Å². The van der Waals surface area contributed by atoms with E-state index in [0.29, 0.717) is 24.5 Å². The van der Waals surface area contributed by atoms with Crippen LogP contribution in [0.2, 0.25) is 0 Å². The van der Waals surface area contributed by atoms with E-state index in [1.807, 2.05) is 6.92 Å². The van der Waals surface area contributed by atoms with E-state index in [0.717, 1.165) is 18.9 Å². The van der Waals surface area contributed by atoms with Crippen LogP contribution in [-0.2, 0) is 0 Å². The van der Waals surface area contributed by atoms with E-state index in [1.165, 1.54) is 25.7 Å². The fraction of sp³-hybridized carbons (Fsp3) is 0.800. The molecule has 6 heteroatoms. The molecular weight excluding hydrogens is 266 g/mol. The number of anilines is 2. The van der Waals surface area contributed by atoms with E-state index in [2.05, 4.69) is 39.4 Å². The Kier molecular flexibility index (Phi) is 8.47. The maximum absolute atomic E-state index is 5.33. The van der Waals surface area contributed by atoms with E-state index in [4.69, 9.17) is 4.74 Å². The van der Waals surface area contributed by atoms with Gasteiger partial charge < -0.3 is 15.4 Å². The van der Waals surface area contributed by atoms with E-state index < -0.39 is 0 Å². The van der Waals surface area contributed by atoms with Crippen molar-refractivity contribution < 1.29 is 4.74 Å². The highest BCUT2D eigenvalue weighted by atomic mass is 16.5. The lowest BCUT2D eigenvalue weighted by molar-refractivity contribution is 0.312. The predicted octanol–water partition coefficient (Wildman–Crippen LogP) is 3.33. The van der Waals surface area contributed by atoms with Crippen molar-refractivity contribution in [1.29, 1.82) is 0 Å². The highest BCUT2D eigenvalue weighted by Crippen LogP contribution is 2.12. The Bertz CT molecular complexity index is 398. The Morgan fingerprint density at radius 2 is 1.71 bits per heavy atom. The highest BCUT2D eigenvalue weighted by Gasteiger charge is 2.05. The monoisotopic (exact) mass is 295 g/mol. The first-order valence-electron chi connectivity index (χ1n) is 7.96. The fourth-order valence-corrected chi connectivity index (χ4v) is 1.97. The zero-order valence-corrected chi connectivity index (χ0v) is 13.8. The lowest BCUT2D eigenvalue weighted by Gasteiger charge is -2.08. The Balaban J connectivity index is 2.29. The minimum absolute atomic E-state index is 0.358. The molecular formula is C15H29N5O. The molecule has 6 nitrogen and oxygen atoms in total. The maximum atomic E-state index is 5.33. The van der Waals surface area contributed by atoms with Crippen molar-refractivity contribution in [1.82, 2.24) is 15.0 Å². The van der Waals surface area contributed by atoms with Gasteiger partial charge in [-0.05, 0) is 19.3 Å². The SMILES string of the molecule is CCOc1nc(NC)nc(NCCCCCCC(C)C)n1. The van der Waals surface area contributed by atoms with Crippen LogP contribution in [0, 0.1) is 5.92 Å². The summed E-state index contributed by atoms with van der Waals surface area (Å²) in [5.74, 6) is 1.90. The predicted molar refractivity (Wildman–Crippen MR) is 87.0 cm³/mol. The van der Waals surface area contributed by atoms with E-state index in [9.17, 15) is 0 Å². The lowest BCUT2D eigenvalue weighted by Crippen LogP contribution is -2.10. The Morgan fingerprint density at radius 3 is 2.38 bits per heavy atom. The van der Waals surface area contributed by atoms with Crippen molar-refractivity contribution >= 4 is 11.9 Å². The first-order chi connectivity index (χ1) is 10.2. The Labute approximate surface area is 128 Å². The first-order valence-corrected chi connectivity index (χ1v) is 7.96. The van der Waals surface area contributed by atoms with E-state index in [-0.39, 0.29) is 0 Å². The molecule has 0 aliphatic heterocycles. The van der Waals surface area contributed by atoms with Crippen molar-refractivity contribution in [3.63, 3.8) is 0 Å². The standard InChI is InChI=1S/C15H29N5O/c1-5-21-15-19-13(16-4)18-14(20-15)17-11-9-7-6-8-10-12(2)3/h12H,5-11H2,1-4H3,(H2,16,17,18,19,20). The Hall–Kier alpha value is -1.59. The molecule has 0 spiro atoms. The molecule has 0 saturated heterocycles. The van der Waals surface area contributed by atoms with E-state index in [1.54, 1.807) is 7.05 Å². The first kappa shape index (κ1) is 17.5. The second kappa shape index (κ2) is 10.2. The largest absolute Gasteiger partial charge is 0.464 e. The normalized spacial score (nSPS) is 10.7. The van der Waals surface area contributed by atoms with Gasteiger partial charge in [0.15, 0.2) is 0 Å². The van der Waals surface area contributed by atoms with Crippen LogP contribution in [0.25, 0.3) is 0 Å². The van der Waals surface area contributed by atoms with Crippen molar-refractivity contribution in [2.75, 3.05) is 30.8 Å².